The van der Waals surface area contributed by atoms with Crippen LogP contribution in [0.3, 0.4) is 0 Å². The van der Waals surface area contributed by atoms with Gasteiger partial charge in [-0.25, -0.2) is 9.97 Å². The van der Waals surface area contributed by atoms with Crippen LogP contribution in [-0.2, 0) is 4.79 Å². The number of aromatic nitrogens is 2. The van der Waals surface area contributed by atoms with Gasteiger partial charge in [-0.3, -0.25) is 9.59 Å². The van der Waals surface area contributed by atoms with Crippen molar-refractivity contribution < 1.29 is 14.3 Å². The number of hydrogen-bond donors (Lipinski definition) is 3. The summed E-state index contributed by atoms with van der Waals surface area (Å²) in [5.74, 6) is 1.37. The minimum absolute atomic E-state index is 0.0852. The number of carbonyl (C=O) groups excluding carboxylic acids is 2. The summed E-state index contributed by atoms with van der Waals surface area (Å²) >= 11 is 0. The van der Waals surface area contributed by atoms with E-state index in [1.807, 2.05) is 75.4 Å². The van der Waals surface area contributed by atoms with Crippen LogP contribution >= 0.6 is 0 Å². The number of ether oxygens (including phenoxy) is 1. The number of rotatable bonds is 7. The summed E-state index contributed by atoms with van der Waals surface area (Å²) in [6.45, 7) is 5.68. The molecule has 8 heteroatoms. The number of carbonyl (C=O) groups is 2. The van der Waals surface area contributed by atoms with Crippen LogP contribution in [0, 0.1) is 0 Å². The van der Waals surface area contributed by atoms with Crippen LogP contribution in [0.15, 0.2) is 72.8 Å². The van der Waals surface area contributed by atoms with Crippen molar-refractivity contribution in [1.29, 1.82) is 0 Å². The first-order chi connectivity index (χ1) is 17.2. The molecule has 1 heterocycles. The highest BCUT2D eigenvalue weighted by atomic mass is 16.5. The number of amides is 2. The molecule has 3 N–H and O–H groups in total. The molecule has 2 amide bonds. The molecule has 1 aromatic heterocycles. The Bertz CT molecular complexity index is 1390. The average molecular weight is 484 g/mol. The quantitative estimate of drug-likeness (QED) is 0.352. The highest BCUT2D eigenvalue weighted by Crippen LogP contribution is 2.29. The fourth-order valence-electron chi connectivity index (χ4n) is 3.62. The van der Waals surface area contributed by atoms with Crippen LogP contribution < -0.4 is 20.7 Å². The lowest BCUT2D eigenvalue weighted by atomic mass is 10.1. The molecule has 36 heavy (non-hydrogen) atoms. The normalized spacial score (nSPS) is 11.1. The summed E-state index contributed by atoms with van der Waals surface area (Å²) in [5, 5.41) is 9.71. The number of fused-ring (bicyclic) bond motifs is 1. The first-order valence-corrected chi connectivity index (χ1v) is 11.6. The fraction of sp³-hybridized carbons (Fsp3) is 0.214. The lowest BCUT2D eigenvalue weighted by Crippen LogP contribution is -2.43. The van der Waals surface area contributed by atoms with Gasteiger partial charge in [-0.05, 0) is 69.3 Å². The van der Waals surface area contributed by atoms with E-state index < -0.39 is 0 Å². The number of para-hydroxylation sites is 1. The molecule has 0 spiro atoms. The predicted octanol–water partition coefficient (Wildman–Crippen LogP) is 4.69. The Morgan fingerprint density at radius 2 is 1.67 bits per heavy atom. The molecule has 184 valence electrons. The van der Waals surface area contributed by atoms with Crippen molar-refractivity contribution in [2.75, 3.05) is 19.0 Å². The molecule has 0 fully saturated rings. The molecule has 0 radical (unpaired) electrons. The van der Waals surface area contributed by atoms with Crippen molar-refractivity contribution >= 4 is 34.2 Å². The largest absolute Gasteiger partial charge is 0.484 e. The molecule has 8 nitrogen and oxygen atoms in total. The SMILES string of the molecule is CNC(=O)c1ccc(Nc2nc(-c3cccc(OCC(=O)NC(C)(C)C)c3)nc3ccccc23)cc1. The van der Waals surface area contributed by atoms with E-state index in [1.165, 1.54) is 0 Å². The molecule has 4 rings (SSSR count). The molecule has 4 aromatic rings. The van der Waals surface area contributed by atoms with Gasteiger partial charge in [-0.2, -0.15) is 0 Å². The summed E-state index contributed by atoms with van der Waals surface area (Å²) in [6.07, 6.45) is 0. The third-order valence-corrected chi connectivity index (χ3v) is 5.22. The van der Waals surface area contributed by atoms with Crippen molar-refractivity contribution in [2.24, 2.45) is 0 Å². The monoisotopic (exact) mass is 483 g/mol. The van der Waals surface area contributed by atoms with Gasteiger partial charge in [-0.15, -0.1) is 0 Å². The molecular weight excluding hydrogens is 454 g/mol. The van der Waals surface area contributed by atoms with Crippen molar-refractivity contribution in [2.45, 2.75) is 26.3 Å². The lowest BCUT2D eigenvalue weighted by Gasteiger charge is -2.20. The second kappa shape index (κ2) is 10.4. The van der Waals surface area contributed by atoms with E-state index in [1.54, 1.807) is 25.2 Å². The zero-order valence-electron chi connectivity index (χ0n) is 20.8. The van der Waals surface area contributed by atoms with Crippen LogP contribution in [0.1, 0.15) is 31.1 Å². The number of nitrogens with one attached hydrogen (secondary N) is 3. The second-order valence-corrected chi connectivity index (χ2v) is 9.31. The van der Waals surface area contributed by atoms with E-state index in [2.05, 4.69) is 16.0 Å². The van der Waals surface area contributed by atoms with Crippen molar-refractivity contribution in [3.8, 4) is 17.1 Å². The molecule has 0 aliphatic carbocycles. The zero-order valence-corrected chi connectivity index (χ0v) is 20.8. The number of nitrogens with zero attached hydrogens (tertiary/aromatic N) is 2. The summed E-state index contributed by atoms with van der Waals surface area (Å²) < 4.78 is 5.71. The number of anilines is 2. The van der Waals surface area contributed by atoms with E-state index in [4.69, 9.17) is 14.7 Å². The Kier molecular flexibility index (Phi) is 7.15. The van der Waals surface area contributed by atoms with Gasteiger partial charge in [0.05, 0.1) is 5.52 Å². The second-order valence-electron chi connectivity index (χ2n) is 9.31. The molecule has 0 aliphatic rings. The highest BCUT2D eigenvalue weighted by Gasteiger charge is 2.15. The van der Waals surface area contributed by atoms with Crippen molar-refractivity contribution in [3.05, 3.63) is 78.4 Å². The van der Waals surface area contributed by atoms with E-state index >= 15 is 0 Å². The number of benzene rings is 3. The van der Waals surface area contributed by atoms with Crippen LogP contribution in [0.2, 0.25) is 0 Å². The predicted molar refractivity (Wildman–Crippen MR) is 141 cm³/mol. The van der Waals surface area contributed by atoms with Crippen LogP contribution in [0.25, 0.3) is 22.3 Å². The molecule has 0 saturated heterocycles. The average Bonchev–Trinajstić information content (AvgIpc) is 2.86. The van der Waals surface area contributed by atoms with Crippen molar-refractivity contribution in [3.63, 3.8) is 0 Å². The van der Waals surface area contributed by atoms with E-state index in [0.717, 1.165) is 22.2 Å². The smallest absolute Gasteiger partial charge is 0.258 e. The third kappa shape index (κ3) is 6.15. The molecule has 0 bridgehead atoms. The van der Waals surface area contributed by atoms with E-state index in [0.29, 0.717) is 23.0 Å². The molecule has 0 atom stereocenters. The first kappa shape index (κ1) is 24.7. The van der Waals surface area contributed by atoms with Gasteiger partial charge in [0.2, 0.25) is 0 Å². The first-order valence-electron chi connectivity index (χ1n) is 11.6. The maximum Gasteiger partial charge on any atom is 0.258 e. The van der Waals surface area contributed by atoms with Gasteiger partial charge in [0.15, 0.2) is 12.4 Å². The summed E-state index contributed by atoms with van der Waals surface area (Å²) in [4.78, 5) is 33.5. The van der Waals surface area contributed by atoms with Gasteiger partial charge in [0.25, 0.3) is 11.8 Å². The Hall–Kier alpha value is -4.46. The maximum absolute atomic E-state index is 12.1. The topological polar surface area (TPSA) is 105 Å². The Morgan fingerprint density at radius 3 is 2.39 bits per heavy atom. The van der Waals surface area contributed by atoms with Gasteiger partial charge in [-0.1, -0.05) is 24.3 Å². The Labute approximate surface area is 210 Å². The Balaban J connectivity index is 1.61. The summed E-state index contributed by atoms with van der Waals surface area (Å²) in [5.41, 5.74) is 2.58. The minimum Gasteiger partial charge on any atom is -0.484 e. The molecule has 0 unspecified atom stereocenters. The standard InChI is InChI=1S/C28H29N5O3/c1-28(2,3)33-24(34)17-36-21-9-7-8-19(16-21)25-31-23-11-6-5-10-22(23)26(32-25)30-20-14-12-18(13-15-20)27(35)29-4/h5-16H,17H2,1-4H3,(H,29,35)(H,33,34)(H,30,31,32). The lowest BCUT2D eigenvalue weighted by molar-refractivity contribution is -0.124. The van der Waals surface area contributed by atoms with Crippen LogP contribution in [0.5, 0.6) is 5.75 Å². The minimum atomic E-state index is -0.326. The zero-order chi connectivity index (χ0) is 25.7. The number of hydrogen-bond acceptors (Lipinski definition) is 6. The van der Waals surface area contributed by atoms with Crippen LogP contribution in [0.4, 0.5) is 11.5 Å². The summed E-state index contributed by atoms with van der Waals surface area (Å²) in [7, 11) is 1.60. The molecule has 3 aromatic carbocycles. The maximum atomic E-state index is 12.1. The van der Waals surface area contributed by atoms with E-state index in [9.17, 15) is 9.59 Å². The molecule has 0 saturated carbocycles. The highest BCUT2D eigenvalue weighted by molar-refractivity contribution is 5.95. The van der Waals surface area contributed by atoms with Crippen molar-refractivity contribution in [1.82, 2.24) is 20.6 Å². The Morgan fingerprint density at radius 1 is 0.917 bits per heavy atom. The van der Waals surface area contributed by atoms with Gasteiger partial charge in [0, 0.05) is 34.8 Å². The fourth-order valence-corrected chi connectivity index (χ4v) is 3.62. The van der Waals surface area contributed by atoms with Gasteiger partial charge in [0.1, 0.15) is 11.6 Å². The molecule has 0 aliphatic heterocycles. The van der Waals surface area contributed by atoms with Gasteiger partial charge < -0.3 is 20.7 Å². The van der Waals surface area contributed by atoms with Gasteiger partial charge >= 0.3 is 0 Å². The molecular formula is C28H29N5O3. The van der Waals surface area contributed by atoms with Crippen LogP contribution in [-0.4, -0.2) is 41.0 Å². The summed E-state index contributed by atoms with van der Waals surface area (Å²) in [6, 6.07) is 22.3. The third-order valence-electron chi connectivity index (χ3n) is 5.22. The van der Waals surface area contributed by atoms with E-state index in [-0.39, 0.29) is 24.0 Å².